The van der Waals surface area contributed by atoms with Gasteiger partial charge in [0, 0.05) is 27.1 Å². The highest BCUT2D eigenvalue weighted by atomic mass is 32.2. The summed E-state index contributed by atoms with van der Waals surface area (Å²) in [4.78, 5) is 55.6. The van der Waals surface area contributed by atoms with Crippen molar-refractivity contribution in [3.05, 3.63) is 101 Å². The summed E-state index contributed by atoms with van der Waals surface area (Å²) in [6.07, 6.45) is 1.56. The van der Waals surface area contributed by atoms with E-state index in [1.807, 2.05) is 0 Å². The zero-order valence-electron chi connectivity index (χ0n) is 25.3. The van der Waals surface area contributed by atoms with Crippen LogP contribution in [0.1, 0.15) is 28.5 Å². The second kappa shape index (κ2) is 16.8. The van der Waals surface area contributed by atoms with Gasteiger partial charge in [-0.05, 0) is 67.6 Å². The largest absolute Gasteiger partial charge is 0.497 e. The molecule has 0 saturated heterocycles. The third-order valence-corrected chi connectivity index (χ3v) is 8.00. The highest BCUT2D eigenvalue weighted by molar-refractivity contribution is 8.00. The van der Waals surface area contributed by atoms with Crippen molar-refractivity contribution in [1.82, 2.24) is 10.3 Å². The summed E-state index contributed by atoms with van der Waals surface area (Å²) in [5, 5.41) is 10.4. The van der Waals surface area contributed by atoms with Crippen molar-refractivity contribution in [2.45, 2.75) is 18.2 Å². The van der Waals surface area contributed by atoms with Gasteiger partial charge in [-0.25, -0.2) is 4.98 Å². The summed E-state index contributed by atoms with van der Waals surface area (Å²) in [6.45, 7) is 2.03. The van der Waals surface area contributed by atoms with Crippen LogP contribution >= 0.6 is 23.1 Å². The van der Waals surface area contributed by atoms with Crippen LogP contribution in [0.5, 0.6) is 11.5 Å². The number of aromatic nitrogens is 1. The molecule has 13 heteroatoms. The number of hydrogen-bond acceptors (Lipinski definition) is 10. The molecular formula is C33H32N4O7S2. The number of thiazole rings is 1. The van der Waals surface area contributed by atoms with Crippen molar-refractivity contribution in [2.24, 2.45) is 0 Å². The van der Waals surface area contributed by atoms with Crippen molar-refractivity contribution in [3.8, 4) is 11.5 Å². The fourth-order valence-corrected chi connectivity index (χ4v) is 5.42. The summed E-state index contributed by atoms with van der Waals surface area (Å²) in [5.41, 5.74) is 1.91. The average molecular weight is 661 g/mol. The lowest BCUT2D eigenvalue weighted by Crippen LogP contribution is -2.30. The van der Waals surface area contributed by atoms with Gasteiger partial charge in [-0.3, -0.25) is 19.2 Å². The molecule has 0 spiro atoms. The van der Waals surface area contributed by atoms with E-state index in [4.69, 9.17) is 14.2 Å². The van der Waals surface area contributed by atoms with E-state index in [2.05, 4.69) is 20.9 Å². The fourth-order valence-electron chi connectivity index (χ4n) is 3.99. The maximum Gasteiger partial charge on any atom is 0.311 e. The Labute approximate surface area is 274 Å². The first-order valence-corrected chi connectivity index (χ1v) is 15.9. The number of carbonyl (C=O) groups excluding carboxylic acids is 4. The third kappa shape index (κ3) is 9.94. The van der Waals surface area contributed by atoms with Crippen LogP contribution < -0.4 is 25.4 Å². The summed E-state index contributed by atoms with van der Waals surface area (Å²) in [6, 6.07) is 20.6. The van der Waals surface area contributed by atoms with E-state index >= 15 is 0 Å². The molecule has 0 aliphatic heterocycles. The molecule has 4 rings (SSSR count). The Bertz CT molecular complexity index is 1710. The van der Waals surface area contributed by atoms with Gasteiger partial charge in [0.1, 0.15) is 17.2 Å². The van der Waals surface area contributed by atoms with Crippen LogP contribution in [-0.2, 0) is 25.5 Å². The van der Waals surface area contributed by atoms with Crippen molar-refractivity contribution >= 4 is 63.7 Å². The summed E-state index contributed by atoms with van der Waals surface area (Å²) >= 11 is 2.54. The lowest BCUT2D eigenvalue weighted by atomic mass is 10.1. The van der Waals surface area contributed by atoms with Crippen molar-refractivity contribution in [1.29, 1.82) is 0 Å². The predicted molar refractivity (Wildman–Crippen MR) is 178 cm³/mol. The maximum absolute atomic E-state index is 13.4. The molecule has 1 aromatic heterocycles. The number of methoxy groups -OCH3 is 2. The molecule has 1 heterocycles. The molecule has 0 radical (unpaired) electrons. The first kappa shape index (κ1) is 33.7. The molecule has 0 saturated carbocycles. The summed E-state index contributed by atoms with van der Waals surface area (Å²) in [5.74, 6) is -0.481. The number of ether oxygens (including phenoxy) is 3. The lowest BCUT2D eigenvalue weighted by Gasteiger charge is -2.13. The van der Waals surface area contributed by atoms with E-state index in [1.165, 1.54) is 43.4 Å². The molecule has 0 aliphatic rings. The van der Waals surface area contributed by atoms with Crippen LogP contribution in [0.3, 0.4) is 0 Å². The van der Waals surface area contributed by atoms with E-state index in [1.54, 1.807) is 85.1 Å². The zero-order valence-corrected chi connectivity index (χ0v) is 27.0. The topological polar surface area (TPSA) is 145 Å². The third-order valence-electron chi connectivity index (χ3n) is 6.18. The minimum atomic E-state index is -0.556. The van der Waals surface area contributed by atoms with E-state index in [-0.39, 0.29) is 29.7 Å². The summed E-state index contributed by atoms with van der Waals surface area (Å²) < 4.78 is 15.7. The Morgan fingerprint density at radius 3 is 2.39 bits per heavy atom. The molecule has 0 fully saturated rings. The van der Waals surface area contributed by atoms with E-state index in [0.717, 1.165) is 4.90 Å². The Kier molecular flexibility index (Phi) is 12.3. The smallest absolute Gasteiger partial charge is 0.311 e. The zero-order chi connectivity index (χ0) is 32.9. The van der Waals surface area contributed by atoms with Gasteiger partial charge < -0.3 is 30.2 Å². The molecule has 46 heavy (non-hydrogen) atoms. The second-order valence-electron chi connectivity index (χ2n) is 9.43. The number of rotatable bonds is 14. The second-order valence-corrected chi connectivity index (χ2v) is 11.3. The fraction of sp³-hybridized carbons (Fsp3) is 0.182. The highest BCUT2D eigenvalue weighted by Gasteiger charge is 2.17. The van der Waals surface area contributed by atoms with Gasteiger partial charge in [0.2, 0.25) is 5.91 Å². The molecule has 0 aliphatic carbocycles. The Morgan fingerprint density at radius 1 is 0.935 bits per heavy atom. The van der Waals surface area contributed by atoms with E-state index in [9.17, 15) is 19.2 Å². The minimum absolute atomic E-state index is 0.0110. The number of nitrogens with zero attached hydrogens (tertiary/aromatic N) is 1. The number of carbonyl (C=O) groups is 4. The molecule has 0 atom stereocenters. The van der Waals surface area contributed by atoms with Crippen LogP contribution in [0.25, 0.3) is 6.08 Å². The van der Waals surface area contributed by atoms with Crippen LogP contribution in [0.4, 0.5) is 10.8 Å². The number of amides is 3. The average Bonchev–Trinajstić information content (AvgIpc) is 3.50. The SMILES string of the molecule is CCOC(=O)Cc1csc(NC(=O)CSc2ccc(NC(=O)/C(=C/c3cc(OC)ccc3OC)NC(=O)c3ccccc3)cc2)n1. The van der Waals surface area contributed by atoms with Gasteiger partial charge in [-0.15, -0.1) is 23.1 Å². The maximum atomic E-state index is 13.4. The monoisotopic (exact) mass is 660 g/mol. The summed E-state index contributed by atoms with van der Waals surface area (Å²) in [7, 11) is 3.04. The Hall–Kier alpha value is -5.14. The number of benzene rings is 3. The van der Waals surface area contributed by atoms with Crippen molar-refractivity contribution in [3.63, 3.8) is 0 Å². The normalized spacial score (nSPS) is 10.9. The molecule has 238 valence electrons. The van der Waals surface area contributed by atoms with Crippen LogP contribution in [0.15, 0.2) is 88.8 Å². The first-order valence-electron chi connectivity index (χ1n) is 14.0. The first-order chi connectivity index (χ1) is 22.3. The number of anilines is 2. The van der Waals surface area contributed by atoms with Crippen molar-refractivity contribution < 1.29 is 33.4 Å². The molecular weight excluding hydrogens is 629 g/mol. The van der Waals surface area contributed by atoms with E-state index in [0.29, 0.717) is 45.7 Å². The molecule has 3 amide bonds. The molecule has 0 bridgehead atoms. The van der Waals surface area contributed by atoms with E-state index < -0.39 is 11.8 Å². The van der Waals surface area contributed by atoms with Gasteiger partial charge in [0.25, 0.3) is 11.8 Å². The van der Waals surface area contributed by atoms with Crippen molar-refractivity contribution in [2.75, 3.05) is 37.2 Å². The van der Waals surface area contributed by atoms with Crippen LogP contribution in [0, 0.1) is 0 Å². The quantitative estimate of drug-likeness (QED) is 0.0919. The number of hydrogen-bond donors (Lipinski definition) is 3. The highest BCUT2D eigenvalue weighted by Crippen LogP contribution is 2.27. The van der Waals surface area contributed by atoms with Gasteiger partial charge >= 0.3 is 5.97 Å². The lowest BCUT2D eigenvalue weighted by molar-refractivity contribution is -0.142. The number of esters is 1. The Morgan fingerprint density at radius 2 is 1.70 bits per heavy atom. The van der Waals surface area contributed by atoms with Gasteiger partial charge in [0.05, 0.1) is 38.7 Å². The minimum Gasteiger partial charge on any atom is -0.497 e. The number of nitrogens with one attached hydrogen (secondary N) is 3. The number of thioether (sulfide) groups is 1. The molecule has 0 unspecified atom stereocenters. The molecule has 3 N–H and O–H groups in total. The Balaban J connectivity index is 1.40. The molecule has 4 aromatic rings. The molecule has 11 nitrogen and oxygen atoms in total. The van der Waals surface area contributed by atoms with Gasteiger partial charge in [0.15, 0.2) is 5.13 Å². The molecule has 3 aromatic carbocycles. The van der Waals surface area contributed by atoms with Gasteiger partial charge in [-0.2, -0.15) is 0 Å². The predicted octanol–water partition coefficient (Wildman–Crippen LogP) is 5.41. The van der Waals surface area contributed by atoms with Crippen LogP contribution in [0.2, 0.25) is 0 Å². The standard InChI is InChI=1S/C33H32N4O7S2/c1-4-44-30(39)18-24-19-46-33(35-24)37-29(38)20-45-26-13-10-23(11-14-26)34-32(41)27(36-31(40)21-8-6-5-7-9-21)17-22-16-25(42-2)12-15-28(22)43-3/h5-17,19H,4,18,20H2,1-3H3,(H,34,41)(H,36,40)(H,35,37,38)/b27-17-. The van der Waals surface area contributed by atoms with Gasteiger partial charge in [-0.1, -0.05) is 18.2 Å². The van der Waals surface area contributed by atoms with Crippen LogP contribution in [-0.4, -0.2) is 55.3 Å².